The zero-order chi connectivity index (χ0) is 20.8. The van der Waals surface area contributed by atoms with E-state index in [0.717, 1.165) is 49.8 Å². The van der Waals surface area contributed by atoms with E-state index in [0.29, 0.717) is 0 Å². The highest BCUT2D eigenvalue weighted by atomic mass is 15.1. The molecule has 0 saturated heterocycles. The standard InChI is InChI=1S/C26H32N4/c1-2-3-13-25-29-24-18-28-23-15-14-20(10-8-5-9-16-27)17-22(23)26(24)30(25)19-21-11-6-4-7-12-21/h4,6-7,11-12,14-15,17-18H,2-3,5,8-10,13,16,19,27H2,1H3. The fourth-order valence-electron chi connectivity index (χ4n) is 4.18. The van der Waals surface area contributed by atoms with Crippen molar-refractivity contribution >= 4 is 21.9 Å². The molecule has 2 aromatic carbocycles. The Labute approximate surface area is 179 Å². The van der Waals surface area contributed by atoms with Gasteiger partial charge in [-0.15, -0.1) is 0 Å². The van der Waals surface area contributed by atoms with Crippen molar-refractivity contribution in [1.82, 2.24) is 14.5 Å². The Morgan fingerprint density at radius 1 is 0.867 bits per heavy atom. The van der Waals surface area contributed by atoms with Gasteiger partial charge in [-0.25, -0.2) is 4.98 Å². The maximum atomic E-state index is 5.64. The van der Waals surface area contributed by atoms with Crippen molar-refractivity contribution in [2.75, 3.05) is 6.54 Å². The average molecular weight is 401 g/mol. The van der Waals surface area contributed by atoms with Crippen molar-refractivity contribution < 1.29 is 0 Å². The summed E-state index contributed by atoms with van der Waals surface area (Å²) in [6, 6.07) is 17.4. The molecule has 0 aliphatic heterocycles. The second-order valence-corrected chi connectivity index (χ2v) is 8.15. The Hall–Kier alpha value is -2.72. The SMILES string of the molecule is CCCCc1nc2cnc3ccc(CCCCCN)cc3c2n1Cc1ccccc1. The number of rotatable bonds is 10. The molecule has 0 bridgehead atoms. The number of aromatic nitrogens is 3. The van der Waals surface area contributed by atoms with Crippen LogP contribution < -0.4 is 5.73 Å². The third-order valence-electron chi connectivity index (χ3n) is 5.82. The van der Waals surface area contributed by atoms with Gasteiger partial charge in [-0.3, -0.25) is 4.98 Å². The van der Waals surface area contributed by atoms with Gasteiger partial charge in [0.15, 0.2) is 0 Å². The molecule has 4 aromatic rings. The summed E-state index contributed by atoms with van der Waals surface area (Å²) in [6.45, 7) is 3.86. The molecule has 156 valence electrons. The predicted molar refractivity (Wildman–Crippen MR) is 126 cm³/mol. The molecule has 4 heteroatoms. The summed E-state index contributed by atoms with van der Waals surface area (Å²) in [4.78, 5) is 9.71. The van der Waals surface area contributed by atoms with Crippen LogP contribution in [0.5, 0.6) is 0 Å². The molecule has 2 heterocycles. The number of unbranched alkanes of at least 4 members (excludes halogenated alkanes) is 3. The highest BCUT2D eigenvalue weighted by molar-refractivity contribution is 6.02. The van der Waals surface area contributed by atoms with Crippen LogP contribution in [0.1, 0.15) is 56.0 Å². The van der Waals surface area contributed by atoms with Gasteiger partial charge >= 0.3 is 0 Å². The van der Waals surface area contributed by atoms with Gasteiger partial charge in [-0.05, 0) is 55.5 Å². The Morgan fingerprint density at radius 3 is 2.53 bits per heavy atom. The predicted octanol–water partition coefficient (Wildman–Crippen LogP) is 5.65. The number of imidazole rings is 1. The molecule has 0 radical (unpaired) electrons. The summed E-state index contributed by atoms with van der Waals surface area (Å²) < 4.78 is 2.42. The van der Waals surface area contributed by atoms with Crippen molar-refractivity contribution in [1.29, 1.82) is 0 Å². The lowest BCUT2D eigenvalue weighted by Crippen LogP contribution is -2.06. The zero-order valence-electron chi connectivity index (χ0n) is 18.0. The van der Waals surface area contributed by atoms with Crippen LogP contribution in [0.4, 0.5) is 0 Å². The van der Waals surface area contributed by atoms with Crippen LogP contribution in [0.2, 0.25) is 0 Å². The number of fused-ring (bicyclic) bond motifs is 3. The van der Waals surface area contributed by atoms with E-state index in [1.165, 1.54) is 47.1 Å². The molecule has 0 aliphatic rings. The van der Waals surface area contributed by atoms with Gasteiger partial charge in [0, 0.05) is 18.4 Å². The molecule has 0 fully saturated rings. The lowest BCUT2D eigenvalue weighted by atomic mass is 10.0. The minimum atomic E-state index is 0.779. The third-order valence-corrected chi connectivity index (χ3v) is 5.82. The minimum absolute atomic E-state index is 0.779. The second kappa shape index (κ2) is 9.86. The molecule has 0 aliphatic carbocycles. The average Bonchev–Trinajstić information content (AvgIpc) is 3.13. The first-order valence-electron chi connectivity index (χ1n) is 11.3. The first kappa shape index (κ1) is 20.5. The molecule has 4 nitrogen and oxygen atoms in total. The maximum absolute atomic E-state index is 5.64. The van der Waals surface area contributed by atoms with Crippen LogP contribution in [-0.4, -0.2) is 21.1 Å². The third kappa shape index (κ3) is 4.54. The fourth-order valence-corrected chi connectivity index (χ4v) is 4.18. The van der Waals surface area contributed by atoms with Gasteiger partial charge in [-0.2, -0.15) is 0 Å². The van der Waals surface area contributed by atoms with Gasteiger partial charge in [0.1, 0.15) is 11.3 Å². The maximum Gasteiger partial charge on any atom is 0.110 e. The zero-order valence-corrected chi connectivity index (χ0v) is 18.0. The van der Waals surface area contributed by atoms with E-state index in [1.807, 2.05) is 6.20 Å². The summed E-state index contributed by atoms with van der Waals surface area (Å²) >= 11 is 0. The molecule has 2 N–H and O–H groups in total. The van der Waals surface area contributed by atoms with Crippen molar-refractivity contribution in [3.63, 3.8) is 0 Å². The van der Waals surface area contributed by atoms with E-state index in [1.54, 1.807) is 0 Å². The Bertz CT molecular complexity index is 1100. The van der Waals surface area contributed by atoms with E-state index in [2.05, 4.69) is 60.0 Å². The summed E-state index contributed by atoms with van der Waals surface area (Å²) in [5, 5.41) is 1.22. The number of nitrogens with two attached hydrogens (primary N) is 1. The molecule has 4 rings (SSSR count). The molecular weight excluding hydrogens is 368 g/mol. The highest BCUT2D eigenvalue weighted by Gasteiger charge is 2.15. The molecule has 0 saturated carbocycles. The monoisotopic (exact) mass is 400 g/mol. The van der Waals surface area contributed by atoms with Crippen LogP contribution in [0.25, 0.3) is 21.9 Å². The van der Waals surface area contributed by atoms with Crippen LogP contribution in [0.15, 0.2) is 54.7 Å². The molecule has 0 atom stereocenters. The molecule has 2 aromatic heterocycles. The number of hydrogen-bond acceptors (Lipinski definition) is 3. The van der Waals surface area contributed by atoms with E-state index in [-0.39, 0.29) is 0 Å². The topological polar surface area (TPSA) is 56.7 Å². The molecule has 30 heavy (non-hydrogen) atoms. The summed E-state index contributed by atoms with van der Waals surface area (Å²) in [7, 11) is 0. The van der Waals surface area contributed by atoms with E-state index >= 15 is 0 Å². The van der Waals surface area contributed by atoms with Gasteiger partial charge in [0.05, 0.1) is 17.2 Å². The summed E-state index contributed by atoms with van der Waals surface area (Å²) in [5.74, 6) is 1.17. The number of aryl methyl sites for hydroxylation is 2. The largest absolute Gasteiger partial charge is 0.330 e. The van der Waals surface area contributed by atoms with Crippen molar-refractivity contribution in [3.8, 4) is 0 Å². The Morgan fingerprint density at radius 2 is 1.73 bits per heavy atom. The molecular formula is C26H32N4. The van der Waals surface area contributed by atoms with Gasteiger partial charge in [0.25, 0.3) is 0 Å². The quantitative estimate of drug-likeness (QED) is 0.350. The first-order valence-corrected chi connectivity index (χ1v) is 11.3. The summed E-state index contributed by atoms with van der Waals surface area (Å²) in [6.07, 6.45) is 9.80. The van der Waals surface area contributed by atoms with Gasteiger partial charge in [-0.1, -0.05) is 56.2 Å². The Balaban J connectivity index is 1.78. The van der Waals surface area contributed by atoms with Gasteiger partial charge < -0.3 is 10.3 Å². The van der Waals surface area contributed by atoms with Gasteiger partial charge in [0.2, 0.25) is 0 Å². The first-order chi connectivity index (χ1) is 14.8. The normalized spacial score (nSPS) is 11.5. The van der Waals surface area contributed by atoms with Crippen LogP contribution in [-0.2, 0) is 19.4 Å². The molecule has 0 amide bonds. The van der Waals surface area contributed by atoms with E-state index in [4.69, 9.17) is 15.7 Å². The lowest BCUT2D eigenvalue weighted by Gasteiger charge is -2.11. The molecule has 0 unspecified atom stereocenters. The van der Waals surface area contributed by atoms with Crippen LogP contribution in [0.3, 0.4) is 0 Å². The van der Waals surface area contributed by atoms with Crippen molar-refractivity contribution in [3.05, 3.63) is 71.7 Å². The molecule has 0 spiro atoms. The smallest absolute Gasteiger partial charge is 0.110 e. The van der Waals surface area contributed by atoms with E-state index < -0.39 is 0 Å². The van der Waals surface area contributed by atoms with Crippen molar-refractivity contribution in [2.45, 2.75) is 58.4 Å². The lowest BCUT2D eigenvalue weighted by molar-refractivity contribution is 0.686. The summed E-state index contributed by atoms with van der Waals surface area (Å²) in [5.41, 5.74) is 11.6. The highest BCUT2D eigenvalue weighted by Crippen LogP contribution is 2.28. The number of benzene rings is 2. The number of nitrogens with zero attached hydrogens (tertiary/aromatic N) is 3. The second-order valence-electron chi connectivity index (χ2n) is 8.15. The fraction of sp³-hybridized carbons (Fsp3) is 0.385. The minimum Gasteiger partial charge on any atom is -0.330 e. The number of pyridine rings is 1. The van der Waals surface area contributed by atoms with Crippen molar-refractivity contribution in [2.24, 2.45) is 5.73 Å². The Kier molecular flexibility index (Phi) is 6.75. The van der Waals surface area contributed by atoms with E-state index in [9.17, 15) is 0 Å². The number of hydrogen-bond donors (Lipinski definition) is 1. The van der Waals surface area contributed by atoms with Crippen LogP contribution in [0, 0.1) is 0 Å². The van der Waals surface area contributed by atoms with Crippen LogP contribution >= 0.6 is 0 Å².